The Balaban J connectivity index is 1.40. The number of guanidine groups is 1. The molecule has 0 fully saturated rings. The van der Waals surface area contributed by atoms with Crippen LogP contribution in [0.3, 0.4) is 0 Å². The van der Waals surface area contributed by atoms with E-state index in [2.05, 4.69) is 25.6 Å². The number of rotatable bonds is 5. The van der Waals surface area contributed by atoms with E-state index in [1.165, 1.54) is 0 Å². The quantitative estimate of drug-likeness (QED) is 0.523. The van der Waals surface area contributed by atoms with Crippen molar-refractivity contribution in [3.05, 3.63) is 65.9 Å². The molecule has 28 heavy (non-hydrogen) atoms. The van der Waals surface area contributed by atoms with Crippen LogP contribution >= 0.6 is 0 Å². The Labute approximate surface area is 163 Å². The molecule has 2 aromatic heterocycles. The molecule has 0 spiro atoms. The fraction of sp³-hybridized carbons (Fsp3) is 0.250. The third-order valence-electron chi connectivity index (χ3n) is 4.49. The molecule has 8 nitrogen and oxygen atoms in total. The van der Waals surface area contributed by atoms with Crippen molar-refractivity contribution in [3.8, 4) is 17.3 Å². The van der Waals surface area contributed by atoms with Gasteiger partial charge in [0.25, 0.3) is 0 Å². The number of benzene rings is 1. The van der Waals surface area contributed by atoms with Gasteiger partial charge in [-0.2, -0.15) is 0 Å². The number of hydrogen-bond acceptors (Lipinski definition) is 5. The van der Waals surface area contributed by atoms with Gasteiger partial charge in [-0.1, -0.05) is 12.1 Å². The van der Waals surface area contributed by atoms with Crippen LogP contribution < -0.4 is 20.1 Å². The number of hydrogen-bond donors (Lipinski definition) is 2. The van der Waals surface area contributed by atoms with E-state index in [0.29, 0.717) is 19.0 Å². The number of ether oxygens (including phenoxy) is 2. The molecule has 0 radical (unpaired) electrons. The van der Waals surface area contributed by atoms with Gasteiger partial charge in [0.05, 0.1) is 0 Å². The maximum atomic E-state index is 5.43. The molecule has 1 aliphatic rings. The molecule has 0 atom stereocenters. The summed E-state index contributed by atoms with van der Waals surface area (Å²) in [5.41, 5.74) is 2.14. The second kappa shape index (κ2) is 7.99. The first kappa shape index (κ1) is 17.8. The number of aromatic nitrogens is 3. The van der Waals surface area contributed by atoms with Crippen LogP contribution in [0.4, 0.5) is 0 Å². The predicted molar refractivity (Wildman–Crippen MR) is 106 cm³/mol. The van der Waals surface area contributed by atoms with Crippen molar-refractivity contribution in [1.29, 1.82) is 0 Å². The lowest BCUT2D eigenvalue weighted by molar-refractivity contribution is 0.174. The fourth-order valence-electron chi connectivity index (χ4n) is 3.02. The zero-order valence-corrected chi connectivity index (χ0v) is 15.8. The van der Waals surface area contributed by atoms with Crippen LogP contribution in [-0.4, -0.2) is 34.3 Å². The monoisotopic (exact) mass is 378 g/mol. The minimum absolute atomic E-state index is 0.277. The van der Waals surface area contributed by atoms with Gasteiger partial charge in [0.1, 0.15) is 11.6 Å². The molecule has 144 valence electrons. The summed E-state index contributed by atoms with van der Waals surface area (Å²) in [6, 6.07) is 9.87. The largest absolute Gasteiger partial charge is 0.454 e. The molecule has 4 rings (SSSR count). The molecule has 3 heterocycles. The molecule has 2 N–H and O–H groups in total. The molecule has 0 saturated carbocycles. The average Bonchev–Trinajstić information content (AvgIpc) is 3.36. The summed E-state index contributed by atoms with van der Waals surface area (Å²) in [5, 5.41) is 6.66. The number of aryl methyl sites for hydroxylation is 1. The van der Waals surface area contributed by atoms with Gasteiger partial charge in [0.2, 0.25) is 6.79 Å². The van der Waals surface area contributed by atoms with Crippen molar-refractivity contribution in [2.24, 2.45) is 4.99 Å². The maximum Gasteiger partial charge on any atom is 0.231 e. The lowest BCUT2D eigenvalue weighted by atomic mass is 10.2. The Morgan fingerprint density at radius 3 is 2.79 bits per heavy atom. The van der Waals surface area contributed by atoms with Crippen LogP contribution in [-0.2, 0) is 13.1 Å². The predicted octanol–water partition coefficient (Wildman–Crippen LogP) is 2.17. The highest BCUT2D eigenvalue weighted by Crippen LogP contribution is 2.32. The number of aliphatic imine (C=N–C) groups is 1. The third kappa shape index (κ3) is 3.75. The molecule has 1 aromatic carbocycles. The van der Waals surface area contributed by atoms with Crippen LogP contribution in [0.1, 0.15) is 17.0 Å². The molecule has 0 aliphatic carbocycles. The van der Waals surface area contributed by atoms with Crippen molar-refractivity contribution >= 4 is 5.96 Å². The molecule has 3 aromatic rings. The molecule has 1 aliphatic heterocycles. The van der Waals surface area contributed by atoms with Gasteiger partial charge in [-0.15, -0.1) is 0 Å². The van der Waals surface area contributed by atoms with Crippen molar-refractivity contribution < 1.29 is 9.47 Å². The number of nitrogens with zero attached hydrogens (tertiary/aromatic N) is 4. The summed E-state index contributed by atoms with van der Waals surface area (Å²) in [7, 11) is 1.75. The van der Waals surface area contributed by atoms with Crippen molar-refractivity contribution in [2.75, 3.05) is 13.8 Å². The normalized spacial score (nSPS) is 12.9. The summed E-state index contributed by atoms with van der Waals surface area (Å²) in [6.07, 6.45) is 5.46. The topological polar surface area (TPSA) is 85.6 Å². The van der Waals surface area contributed by atoms with Crippen LogP contribution in [0, 0.1) is 6.92 Å². The Morgan fingerprint density at radius 2 is 1.96 bits per heavy atom. The van der Waals surface area contributed by atoms with Crippen LogP contribution in [0.5, 0.6) is 11.5 Å². The van der Waals surface area contributed by atoms with E-state index in [4.69, 9.17) is 9.47 Å². The molecule has 0 saturated heterocycles. The molecule has 0 unspecified atom stereocenters. The summed E-state index contributed by atoms with van der Waals surface area (Å²) in [6.45, 7) is 3.44. The third-order valence-corrected chi connectivity index (χ3v) is 4.49. The van der Waals surface area contributed by atoms with Gasteiger partial charge >= 0.3 is 0 Å². The van der Waals surface area contributed by atoms with Crippen molar-refractivity contribution in [2.45, 2.75) is 20.0 Å². The van der Waals surface area contributed by atoms with Gasteiger partial charge in [-0.05, 0) is 30.7 Å². The van der Waals surface area contributed by atoms with Gasteiger partial charge in [0.15, 0.2) is 17.5 Å². The van der Waals surface area contributed by atoms with E-state index >= 15 is 0 Å². The molecular weight excluding hydrogens is 356 g/mol. The van der Waals surface area contributed by atoms with Gasteiger partial charge in [0, 0.05) is 44.3 Å². The molecule has 8 heteroatoms. The van der Waals surface area contributed by atoms with Crippen molar-refractivity contribution in [3.63, 3.8) is 0 Å². The first-order valence-corrected chi connectivity index (χ1v) is 9.02. The smallest absolute Gasteiger partial charge is 0.231 e. The minimum Gasteiger partial charge on any atom is -0.454 e. The zero-order chi connectivity index (χ0) is 19.3. The van der Waals surface area contributed by atoms with E-state index in [0.717, 1.165) is 34.3 Å². The number of nitrogens with one attached hydrogen (secondary N) is 2. The molecule has 0 amide bonds. The number of fused-ring (bicyclic) bond motifs is 1. The number of imidazole rings is 1. The summed E-state index contributed by atoms with van der Waals surface area (Å²) in [5.74, 6) is 4.01. The minimum atomic E-state index is 0.277. The Morgan fingerprint density at radius 1 is 1.11 bits per heavy atom. The van der Waals surface area contributed by atoms with Crippen LogP contribution in [0.15, 0.2) is 53.9 Å². The van der Waals surface area contributed by atoms with E-state index in [1.807, 2.05) is 48.0 Å². The SMILES string of the molecule is CN=C(NCc1ccc2c(c1)OCO2)NCc1cccnc1-n1ccnc1C. The number of pyridine rings is 1. The lowest BCUT2D eigenvalue weighted by Crippen LogP contribution is -2.36. The molecular formula is C20H22N6O2. The highest BCUT2D eigenvalue weighted by molar-refractivity contribution is 5.79. The van der Waals surface area contributed by atoms with Gasteiger partial charge in [-0.25, -0.2) is 9.97 Å². The average molecular weight is 378 g/mol. The van der Waals surface area contributed by atoms with E-state index in [9.17, 15) is 0 Å². The maximum absolute atomic E-state index is 5.43. The molecule has 0 bridgehead atoms. The van der Waals surface area contributed by atoms with Crippen LogP contribution in [0.25, 0.3) is 5.82 Å². The van der Waals surface area contributed by atoms with E-state index in [1.54, 1.807) is 19.4 Å². The fourth-order valence-corrected chi connectivity index (χ4v) is 3.02. The van der Waals surface area contributed by atoms with Gasteiger partial charge < -0.3 is 20.1 Å². The second-order valence-electron chi connectivity index (χ2n) is 6.30. The van der Waals surface area contributed by atoms with Crippen molar-refractivity contribution in [1.82, 2.24) is 25.2 Å². The highest BCUT2D eigenvalue weighted by atomic mass is 16.7. The summed E-state index contributed by atoms with van der Waals surface area (Å²) >= 11 is 0. The first-order chi connectivity index (χ1) is 13.7. The second-order valence-corrected chi connectivity index (χ2v) is 6.30. The van der Waals surface area contributed by atoms with E-state index < -0.39 is 0 Å². The lowest BCUT2D eigenvalue weighted by Gasteiger charge is -2.14. The first-order valence-electron chi connectivity index (χ1n) is 9.02. The summed E-state index contributed by atoms with van der Waals surface area (Å²) in [4.78, 5) is 13.1. The Bertz CT molecular complexity index is 998. The van der Waals surface area contributed by atoms with Gasteiger partial charge in [-0.3, -0.25) is 9.56 Å². The standard InChI is InChI=1S/C20H22N6O2/c1-14-22-8-9-26(14)19-16(4-3-7-23-19)12-25-20(21-2)24-11-15-5-6-17-18(10-15)28-13-27-17/h3-10H,11-13H2,1-2H3,(H2,21,24,25). The Hall–Kier alpha value is -3.55. The zero-order valence-electron chi connectivity index (χ0n) is 15.8. The highest BCUT2D eigenvalue weighted by Gasteiger charge is 2.13. The Kier molecular flexibility index (Phi) is 5.09. The van der Waals surface area contributed by atoms with Crippen LogP contribution in [0.2, 0.25) is 0 Å². The summed E-state index contributed by atoms with van der Waals surface area (Å²) < 4.78 is 12.7. The van der Waals surface area contributed by atoms with E-state index in [-0.39, 0.29) is 6.79 Å².